The van der Waals surface area contributed by atoms with E-state index in [4.69, 9.17) is 4.74 Å². The predicted octanol–water partition coefficient (Wildman–Crippen LogP) is 3.86. The van der Waals surface area contributed by atoms with Gasteiger partial charge in [-0.15, -0.1) is 0 Å². The molecule has 0 bridgehead atoms. The van der Waals surface area contributed by atoms with Gasteiger partial charge in [-0.05, 0) is 31.5 Å². The normalized spacial score (nSPS) is 10.7. The Labute approximate surface area is 114 Å². The van der Waals surface area contributed by atoms with E-state index in [1.54, 1.807) is 10.7 Å². The highest BCUT2D eigenvalue weighted by Gasteiger charge is 2.14. The van der Waals surface area contributed by atoms with E-state index in [1.165, 1.54) is 6.07 Å². The Balaban J connectivity index is 2.34. The van der Waals surface area contributed by atoms with Gasteiger partial charge < -0.3 is 4.74 Å². The van der Waals surface area contributed by atoms with E-state index in [9.17, 15) is 4.39 Å². The smallest absolute Gasteiger partial charge is 0.171 e. The van der Waals surface area contributed by atoms with Crippen LogP contribution in [0, 0.1) is 19.7 Å². The molecule has 0 radical (unpaired) electrons. The number of benzene rings is 1. The van der Waals surface area contributed by atoms with E-state index < -0.39 is 0 Å². The van der Waals surface area contributed by atoms with Crippen molar-refractivity contribution >= 4 is 15.9 Å². The number of hydrogen-bond donors (Lipinski definition) is 0. The zero-order valence-corrected chi connectivity index (χ0v) is 12.1. The SMILES string of the molecule is Cc1nn(C)c(C)c1Oc1ccc(CBr)cc1F. The van der Waals surface area contributed by atoms with Gasteiger partial charge in [0.25, 0.3) is 0 Å². The van der Waals surface area contributed by atoms with Crippen molar-refractivity contribution < 1.29 is 9.13 Å². The summed E-state index contributed by atoms with van der Waals surface area (Å²) in [7, 11) is 1.83. The van der Waals surface area contributed by atoms with Crippen molar-refractivity contribution in [2.75, 3.05) is 0 Å². The fraction of sp³-hybridized carbons (Fsp3) is 0.308. The molecule has 3 nitrogen and oxygen atoms in total. The molecule has 0 saturated heterocycles. The molecular weight excluding hydrogens is 299 g/mol. The van der Waals surface area contributed by atoms with Crippen LogP contribution in [0.2, 0.25) is 0 Å². The van der Waals surface area contributed by atoms with Crippen LogP contribution in [-0.2, 0) is 12.4 Å². The van der Waals surface area contributed by atoms with E-state index in [0.29, 0.717) is 11.1 Å². The van der Waals surface area contributed by atoms with E-state index in [1.807, 2.05) is 27.0 Å². The Hall–Kier alpha value is -1.36. The lowest BCUT2D eigenvalue weighted by atomic mass is 10.2. The van der Waals surface area contributed by atoms with Crippen LogP contribution in [0.15, 0.2) is 18.2 Å². The van der Waals surface area contributed by atoms with Gasteiger partial charge in [-0.1, -0.05) is 22.0 Å². The lowest BCUT2D eigenvalue weighted by Gasteiger charge is -2.08. The van der Waals surface area contributed by atoms with Crippen LogP contribution >= 0.6 is 15.9 Å². The molecule has 96 valence electrons. The summed E-state index contributed by atoms with van der Waals surface area (Å²) in [6.45, 7) is 3.73. The van der Waals surface area contributed by atoms with Crippen molar-refractivity contribution in [3.63, 3.8) is 0 Å². The van der Waals surface area contributed by atoms with Crippen LogP contribution in [0.4, 0.5) is 4.39 Å². The molecule has 5 heteroatoms. The summed E-state index contributed by atoms with van der Waals surface area (Å²) in [6, 6.07) is 4.93. The van der Waals surface area contributed by atoms with E-state index >= 15 is 0 Å². The molecule has 0 amide bonds. The number of alkyl halides is 1. The molecule has 0 fully saturated rings. The minimum absolute atomic E-state index is 0.221. The summed E-state index contributed by atoms with van der Waals surface area (Å²) in [6.07, 6.45) is 0. The standard InChI is InChI=1S/C13H14BrFN2O/c1-8-13(9(2)17(3)16-8)18-12-5-4-10(7-14)6-11(12)15/h4-6H,7H2,1-3H3. The molecule has 0 atom stereocenters. The van der Waals surface area contributed by atoms with Gasteiger partial charge in [-0.3, -0.25) is 4.68 Å². The van der Waals surface area contributed by atoms with Gasteiger partial charge in [0.05, 0.1) is 5.69 Å². The lowest BCUT2D eigenvalue weighted by molar-refractivity contribution is 0.436. The Morgan fingerprint density at radius 1 is 1.39 bits per heavy atom. The van der Waals surface area contributed by atoms with Crippen molar-refractivity contribution in [3.05, 3.63) is 41.0 Å². The van der Waals surface area contributed by atoms with Gasteiger partial charge >= 0.3 is 0 Å². The number of hydrogen-bond acceptors (Lipinski definition) is 2. The topological polar surface area (TPSA) is 27.1 Å². The molecule has 2 aromatic rings. The maximum Gasteiger partial charge on any atom is 0.171 e. The van der Waals surface area contributed by atoms with Crippen molar-refractivity contribution in [2.24, 2.45) is 7.05 Å². The summed E-state index contributed by atoms with van der Waals surface area (Å²) in [4.78, 5) is 0. The first-order valence-corrected chi connectivity index (χ1v) is 6.67. The minimum atomic E-state index is -0.366. The number of aromatic nitrogens is 2. The first-order valence-electron chi connectivity index (χ1n) is 5.55. The van der Waals surface area contributed by atoms with Crippen LogP contribution in [-0.4, -0.2) is 9.78 Å². The van der Waals surface area contributed by atoms with Gasteiger partial charge in [-0.25, -0.2) is 4.39 Å². The second kappa shape index (κ2) is 5.10. The van der Waals surface area contributed by atoms with Crippen molar-refractivity contribution in [3.8, 4) is 11.5 Å². The van der Waals surface area contributed by atoms with Gasteiger partial charge in [0.2, 0.25) is 0 Å². The molecule has 0 aliphatic carbocycles. The molecule has 0 spiro atoms. The third-order valence-corrected chi connectivity index (χ3v) is 3.45. The average molecular weight is 313 g/mol. The van der Waals surface area contributed by atoms with Crippen LogP contribution < -0.4 is 4.74 Å². The van der Waals surface area contributed by atoms with E-state index in [2.05, 4.69) is 21.0 Å². The summed E-state index contributed by atoms with van der Waals surface area (Å²) in [5.74, 6) is 0.469. The number of nitrogens with zero attached hydrogens (tertiary/aromatic N) is 2. The lowest BCUT2D eigenvalue weighted by Crippen LogP contribution is -1.94. The van der Waals surface area contributed by atoms with E-state index in [0.717, 1.165) is 17.0 Å². The van der Waals surface area contributed by atoms with Crippen LogP contribution in [0.1, 0.15) is 17.0 Å². The van der Waals surface area contributed by atoms with Crippen LogP contribution in [0.25, 0.3) is 0 Å². The molecule has 0 unspecified atom stereocenters. The first kappa shape index (κ1) is 13.1. The van der Waals surface area contributed by atoms with Crippen molar-refractivity contribution in [1.82, 2.24) is 9.78 Å². The molecule has 0 aliphatic heterocycles. The summed E-state index contributed by atoms with van der Waals surface area (Å²) < 4.78 is 21.2. The number of aryl methyl sites for hydroxylation is 2. The van der Waals surface area contributed by atoms with Gasteiger partial charge in [-0.2, -0.15) is 5.10 Å². The van der Waals surface area contributed by atoms with Crippen LogP contribution in [0.3, 0.4) is 0 Å². The fourth-order valence-electron chi connectivity index (χ4n) is 1.72. The van der Waals surface area contributed by atoms with Gasteiger partial charge in [0, 0.05) is 12.4 Å². The largest absolute Gasteiger partial charge is 0.450 e. The van der Waals surface area contributed by atoms with Gasteiger partial charge in [0.15, 0.2) is 17.3 Å². The number of halogens is 2. The summed E-state index contributed by atoms with van der Waals surface area (Å²) in [5.41, 5.74) is 2.50. The molecule has 2 rings (SSSR count). The Kier molecular flexibility index (Phi) is 3.71. The third-order valence-electron chi connectivity index (χ3n) is 2.81. The molecule has 1 aromatic heterocycles. The molecule has 18 heavy (non-hydrogen) atoms. The minimum Gasteiger partial charge on any atom is -0.450 e. The van der Waals surface area contributed by atoms with Crippen molar-refractivity contribution in [2.45, 2.75) is 19.2 Å². The third kappa shape index (κ3) is 2.41. The molecule has 0 saturated carbocycles. The Morgan fingerprint density at radius 3 is 2.61 bits per heavy atom. The van der Waals surface area contributed by atoms with Crippen molar-refractivity contribution in [1.29, 1.82) is 0 Å². The highest BCUT2D eigenvalue weighted by Crippen LogP contribution is 2.30. The molecule has 1 aromatic carbocycles. The number of ether oxygens (including phenoxy) is 1. The maximum atomic E-state index is 13.8. The summed E-state index contributed by atoms with van der Waals surface area (Å²) >= 11 is 3.29. The average Bonchev–Trinajstić information content (AvgIpc) is 2.58. The molecule has 1 heterocycles. The molecular formula is C13H14BrFN2O. The highest BCUT2D eigenvalue weighted by molar-refractivity contribution is 9.08. The fourth-order valence-corrected chi connectivity index (χ4v) is 2.07. The van der Waals surface area contributed by atoms with Gasteiger partial charge in [0.1, 0.15) is 5.69 Å². The summed E-state index contributed by atoms with van der Waals surface area (Å²) in [5, 5.41) is 4.85. The second-order valence-electron chi connectivity index (χ2n) is 4.12. The molecule has 0 aliphatic rings. The predicted molar refractivity (Wildman–Crippen MR) is 71.8 cm³/mol. The maximum absolute atomic E-state index is 13.8. The Morgan fingerprint density at radius 2 is 2.11 bits per heavy atom. The Bertz CT molecular complexity index is 581. The monoisotopic (exact) mass is 312 g/mol. The zero-order chi connectivity index (χ0) is 13.3. The zero-order valence-electron chi connectivity index (χ0n) is 10.5. The number of rotatable bonds is 3. The van der Waals surface area contributed by atoms with Crippen LogP contribution in [0.5, 0.6) is 11.5 Å². The second-order valence-corrected chi connectivity index (χ2v) is 4.68. The van der Waals surface area contributed by atoms with E-state index in [-0.39, 0.29) is 11.6 Å². The first-order chi connectivity index (χ1) is 8.52. The highest BCUT2D eigenvalue weighted by atomic mass is 79.9. The quantitative estimate of drug-likeness (QED) is 0.805. The molecule has 0 N–H and O–H groups in total.